The van der Waals surface area contributed by atoms with E-state index in [1.165, 1.54) is 0 Å². The largest absolute Gasteiger partial charge is 0.484 e. The van der Waals surface area contributed by atoms with Crippen LogP contribution in [-0.4, -0.2) is 17.5 Å². The predicted molar refractivity (Wildman–Crippen MR) is 111 cm³/mol. The Balaban J connectivity index is 1.96. The lowest BCUT2D eigenvalue weighted by Gasteiger charge is -2.14. The Morgan fingerprint density at radius 1 is 1.26 bits per heavy atom. The summed E-state index contributed by atoms with van der Waals surface area (Å²) in [6.45, 7) is 4.05. The summed E-state index contributed by atoms with van der Waals surface area (Å²) in [5.74, 6) is 0.628. The number of hydrogen-bond donors (Lipinski definition) is 2. The van der Waals surface area contributed by atoms with Crippen molar-refractivity contribution in [2.75, 3.05) is 11.9 Å². The molecule has 0 saturated carbocycles. The van der Waals surface area contributed by atoms with Crippen molar-refractivity contribution in [3.05, 3.63) is 65.2 Å². The van der Waals surface area contributed by atoms with E-state index < -0.39 is 0 Å². The van der Waals surface area contributed by atoms with Gasteiger partial charge in [0.2, 0.25) is 0 Å². The van der Waals surface area contributed by atoms with E-state index >= 15 is 0 Å². The number of nitrogens with one attached hydrogen (secondary N) is 1. The number of anilines is 1. The van der Waals surface area contributed by atoms with Gasteiger partial charge in [0.1, 0.15) is 16.8 Å². The van der Waals surface area contributed by atoms with Crippen LogP contribution in [0.25, 0.3) is 6.08 Å². The molecule has 0 fully saturated rings. The average Bonchev–Trinajstić information content (AvgIpc) is 2.65. The second-order valence-corrected chi connectivity index (χ2v) is 6.62. The summed E-state index contributed by atoms with van der Waals surface area (Å²) < 4.78 is 5.53. The molecule has 2 aromatic rings. The molecule has 2 aromatic carbocycles. The van der Waals surface area contributed by atoms with Gasteiger partial charge in [0.25, 0.3) is 5.91 Å². The maximum Gasteiger partial charge on any atom is 0.262 e. The molecule has 3 N–H and O–H groups in total. The second kappa shape index (κ2) is 9.51. The molecule has 0 heterocycles. The number of thiocarbonyl (C=S) groups is 1. The van der Waals surface area contributed by atoms with Gasteiger partial charge in [-0.05, 0) is 41.3 Å². The van der Waals surface area contributed by atoms with E-state index in [1.54, 1.807) is 30.3 Å². The van der Waals surface area contributed by atoms with Crippen molar-refractivity contribution < 1.29 is 9.53 Å². The monoisotopic (exact) mass is 379 g/mol. The van der Waals surface area contributed by atoms with Crippen LogP contribution < -0.4 is 15.8 Å². The van der Waals surface area contributed by atoms with Gasteiger partial charge in [-0.3, -0.25) is 4.79 Å². The maximum absolute atomic E-state index is 12.2. The lowest BCUT2D eigenvalue weighted by atomic mass is 10.0. The fraction of sp³-hybridized carbons (Fsp3) is 0.190. The lowest BCUT2D eigenvalue weighted by molar-refractivity contribution is -0.118. The summed E-state index contributed by atoms with van der Waals surface area (Å²) in [5.41, 5.74) is 8.35. The number of nitrogens with two attached hydrogens (primary N) is 1. The van der Waals surface area contributed by atoms with Crippen LogP contribution in [0.4, 0.5) is 5.69 Å². The maximum atomic E-state index is 12.2. The van der Waals surface area contributed by atoms with Crippen LogP contribution in [-0.2, 0) is 4.79 Å². The average molecular weight is 379 g/mol. The first-order valence-corrected chi connectivity index (χ1v) is 8.84. The molecule has 0 atom stereocenters. The number of carbonyl (C=O) groups excluding carboxylic acids is 1. The zero-order chi connectivity index (χ0) is 19.8. The minimum absolute atomic E-state index is 0.0520. The molecule has 0 unspecified atom stereocenters. The Morgan fingerprint density at radius 2 is 1.93 bits per heavy atom. The van der Waals surface area contributed by atoms with E-state index in [1.807, 2.05) is 30.3 Å². The Hall–Kier alpha value is -3.17. The Morgan fingerprint density at radius 3 is 2.52 bits per heavy atom. The summed E-state index contributed by atoms with van der Waals surface area (Å²) in [6.07, 6.45) is 1.60. The minimum Gasteiger partial charge on any atom is -0.484 e. The first kappa shape index (κ1) is 20.1. The molecule has 0 aliphatic heterocycles. The highest BCUT2D eigenvalue weighted by Crippen LogP contribution is 2.23. The number of nitrogens with zero attached hydrogens (tertiary/aromatic N) is 1. The molecule has 0 spiro atoms. The number of hydrogen-bond acceptors (Lipinski definition) is 4. The Bertz CT molecular complexity index is 896. The highest BCUT2D eigenvalue weighted by atomic mass is 32.1. The molecule has 0 aliphatic rings. The van der Waals surface area contributed by atoms with Crippen LogP contribution >= 0.6 is 12.2 Å². The van der Waals surface area contributed by atoms with E-state index in [0.29, 0.717) is 11.7 Å². The van der Waals surface area contributed by atoms with Crippen molar-refractivity contribution in [3.8, 4) is 11.8 Å². The number of carbonyl (C=O) groups is 1. The number of amides is 1. The van der Waals surface area contributed by atoms with Gasteiger partial charge in [-0.2, -0.15) is 5.26 Å². The molecule has 0 aliphatic carbocycles. The van der Waals surface area contributed by atoms with Crippen LogP contribution in [0.2, 0.25) is 0 Å². The fourth-order valence-corrected chi connectivity index (χ4v) is 2.54. The molecule has 1 amide bonds. The summed E-state index contributed by atoms with van der Waals surface area (Å²) in [5, 5.41) is 11.9. The molecule has 0 aromatic heterocycles. The van der Waals surface area contributed by atoms with Crippen LogP contribution in [0.5, 0.6) is 5.75 Å². The van der Waals surface area contributed by atoms with E-state index in [0.717, 1.165) is 16.8 Å². The Labute approximate surface area is 164 Å². The standard InChI is InChI=1S/C21H21N3O2S/c1-14(2)18-5-3-4-6-19(18)24-20(25)13-26-17-9-7-15(8-10-17)11-16(12-22)21(23)27/h3-11,14H,13H2,1-2H3,(H2,23,27)(H,24,25)/b16-11-. The number of benzene rings is 2. The van der Waals surface area contributed by atoms with Gasteiger partial charge in [0, 0.05) is 5.69 Å². The van der Waals surface area contributed by atoms with Crippen molar-refractivity contribution in [1.29, 1.82) is 5.26 Å². The zero-order valence-corrected chi connectivity index (χ0v) is 16.0. The first-order valence-electron chi connectivity index (χ1n) is 8.44. The normalized spacial score (nSPS) is 11.0. The molecule has 5 nitrogen and oxygen atoms in total. The third-order valence-corrected chi connectivity index (χ3v) is 4.02. The number of nitriles is 1. The summed E-state index contributed by atoms with van der Waals surface area (Å²) in [6, 6.07) is 16.6. The smallest absolute Gasteiger partial charge is 0.262 e. The topological polar surface area (TPSA) is 88.1 Å². The highest BCUT2D eigenvalue weighted by Gasteiger charge is 2.09. The van der Waals surface area contributed by atoms with E-state index in [4.69, 9.17) is 28.0 Å². The molecule has 0 radical (unpaired) electrons. The van der Waals surface area contributed by atoms with Gasteiger partial charge < -0.3 is 15.8 Å². The van der Waals surface area contributed by atoms with Gasteiger partial charge in [0.05, 0.1) is 5.57 Å². The minimum atomic E-state index is -0.229. The number of rotatable bonds is 7. The fourth-order valence-electron chi connectivity index (χ4n) is 2.43. The third kappa shape index (κ3) is 5.94. The molecular formula is C21H21N3O2S. The first-order chi connectivity index (χ1) is 12.9. The van der Waals surface area contributed by atoms with Crippen LogP contribution in [0.3, 0.4) is 0 Å². The molecule has 138 valence electrons. The third-order valence-electron chi connectivity index (χ3n) is 3.80. The quantitative estimate of drug-likeness (QED) is 0.431. The van der Waals surface area contributed by atoms with Crippen molar-refractivity contribution in [1.82, 2.24) is 0 Å². The van der Waals surface area contributed by atoms with Gasteiger partial charge in [-0.25, -0.2) is 0 Å². The lowest BCUT2D eigenvalue weighted by Crippen LogP contribution is -2.21. The van der Waals surface area contributed by atoms with E-state index in [-0.39, 0.29) is 23.1 Å². The van der Waals surface area contributed by atoms with Gasteiger partial charge in [-0.1, -0.05) is 56.4 Å². The molecule has 0 bridgehead atoms. The van der Waals surface area contributed by atoms with Crippen molar-refractivity contribution in [2.24, 2.45) is 5.73 Å². The van der Waals surface area contributed by atoms with Gasteiger partial charge in [0.15, 0.2) is 6.61 Å². The highest BCUT2D eigenvalue weighted by molar-refractivity contribution is 7.80. The predicted octanol–water partition coefficient (Wildman–Crippen LogP) is 4.02. The van der Waals surface area contributed by atoms with Crippen molar-refractivity contribution in [2.45, 2.75) is 19.8 Å². The summed E-state index contributed by atoms with van der Waals surface area (Å²) >= 11 is 4.81. The molecule has 2 rings (SSSR count). The SMILES string of the molecule is CC(C)c1ccccc1NC(=O)COc1ccc(/C=C(/C#N)C(N)=S)cc1. The van der Waals surface area contributed by atoms with Gasteiger partial charge in [-0.15, -0.1) is 0 Å². The second-order valence-electron chi connectivity index (χ2n) is 6.18. The summed E-state index contributed by atoms with van der Waals surface area (Å²) in [4.78, 5) is 12.2. The van der Waals surface area contributed by atoms with E-state index in [9.17, 15) is 4.79 Å². The van der Waals surface area contributed by atoms with Crippen LogP contribution in [0, 0.1) is 11.3 Å². The van der Waals surface area contributed by atoms with Crippen LogP contribution in [0.1, 0.15) is 30.9 Å². The molecule has 0 saturated heterocycles. The zero-order valence-electron chi connectivity index (χ0n) is 15.2. The van der Waals surface area contributed by atoms with Crippen molar-refractivity contribution in [3.63, 3.8) is 0 Å². The molecule has 27 heavy (non-hydrogen) atoms. The van der Waals surface area contributed by atoms with Crippen molar-refractivity contribution >= 4 is 34.9 Å². The molecule has 6 heteroatoms. The Kier molecular flexibility index (Phi) is 7.09. The summed E-state index contributed by atoms with van der Waals surface area (Å²) in [7, 11) is 0. The number of ether oxygens (including phenoxy) is 1. The van der Waals surface area contributed by atoms with Gasteiger partial charge >= 0.3 is 0 Å². The molecular weight excluding hydrogens is 358 g/mol. The van der Waals surface area contributed by atoms with Crippen LogP contribution in [0.15, 0.2) is 54.1 Å². The number of para-hydroxylation sites is 1. The van der Waals surface area contributed by atoms with E-state index in [2.05, 4.69) is 19.2 Å².